The number of nitrogens with one attached hydrogen (secondary N) is 2. The molecule has 0 aromatic heterocycles. The van der Waals surface area contributed by atoms with Gasteiger partial charge >= 0.3 is 0 Å². The highest BCUT2D eigenvalue weighted by atomic mass is 16.5. The van der Waals surface area contributed by atoms with Crippen LogP contribution < -0.4 is 20.1 Å². The summed E-state index contributed by atoms with van der Waals surface area (Å²) in [5.41, 5.74) is 1.03. The van der Waals surface area contributed by atoms with Crippen molar-refractivity contribution in [1.29, 1.82) is 0 Å². The van der Waals surface area contributed by atoms with Gasteiger partial charge in [0.1, 0.15) is 6.61 Å². The van der Waals surface area contributed by atoms with E-state index in [0.717, 1.165) is 50.5 Å². The van der Waals surface area contributed by atoms with Gasteiger partial charge in [-0.2, -0.15) is 0 Å². The van der Waals surface area contributed by atoms with E-state index in [0.29, 0.717) is 24.1 Å². The molecule has 1 aromatic carbocycles. The number of nitrogens with zero attached hydrogens (tertiary/aromatic N) is 2. The van der Waals surface area contributed by atoms with Crippen LogP contribution in [-0.4, -0.2) is 68.5 Å². The minimum absolute atomic E-state index is 0.0283. The van der Waals surface area contributed by atoms with Gasteiger partial charge in [0.15, 0.2) is 17.5 Å². The Bertz CT molecular complexity index is 628. The van der Waals surface area contributed by atoms with Crippen molar-refractivity contribution in [1.82, 2.24) is 15.5 Å². The second-order valence-corrected chi connectivity index (χ2v) is 6.76. The smallest absolute Gasteiger partial charge is 0.191 e. The Morgan fingerprint density at radius 3 is 2.79 bits per heavy atom. The number of guanidine groups is 1. The van der Waals surface area contributed by atoms with Gasteiger partial charge in [-0.05, 0) is 37.5 Å². The van der Waals surface area contributed by atoms with Crippen molar-refractivity contribution < 1.29 is 14.6 Å². The molecule has 0 aliphatic carbocycles. The Labute approximate surface area is 168 Å². The molecule has 0 amide bonds. The zero-order chi connectivity index (χ0) is 20.2. The first-order valence-corrected chi connectivity index (χ1v) is 9.98. The lowest BCUT2D eigenvalue weighted by Crippen LogP contribution is -2.48. The molecular formula is C21H34N4O3. The van der Waals surface area contributed by atoms with E-state index in [4.69, 9.17) is 19.6 Å². The van der Waals surface area contributed by atoms with Crippen molar-refractivity contribution in [2.24, 2.45) is 4.99 Å². The fourth-order valence-electron chi connectivity index (χ4n) is 3.21. The molecule has 0 radical (unpaired) electrons. The number of rotatable bonds is 10. The molecular weight excluding hydrogens is 356 g/mol. The second-order valence-electron chi connectivity index (χ2n) is 6.76. The monoisotopic (exact) mass is 390 g/mol. The number of hydrogen-bond acceptors (Lipinski definition) is 5. The van der Waals surface area contributed by atoms with Crippen molar-refractivity contribution >= 4 is 5.96 Å². The van der Waals surface area contributed by atoms with Crippen LogP contribution in [0.15, 0.2) is 35.8 Å². The van der Waals surface area contributed by atoms with E-state index < -0.39 is 0 Å². The van der Waals surface area contributed by atoms with Crippen LogP contribution in [0.2, 0.25) is 0 Å². The van der Waals surface area contributed by atoms with Crippen molar-refractivity contribution in [2.75, 3.05) is 46.5 Å². The maximum atomic E-state index is 8.91. The highest BCUT2D eigenvalue weighted by Gasteiger charge is 2.19. The molecule has 3 N–H and O–H groups in total. The van der Waals surface area contributed by atoms with E-state index in [2.05, 4.69) is 29.0 Å². The highest BCUT2D eigenvalue weighted by Crippen LogP contribution is 2.28. The number of methoxy groups -OCH3 is 1. The number of benzene rings is 1. The van der Waals surface area contributed by atoms with Crippen LogP contribution in [0, 0.1) is 0 Å². The maximum Gasteiger partial charge on any atom is 0.191 e. The number of piperidine rings is 1. The number of aliphatic hydroxyl groups excluding tert-OH is 1. The van der Waals surface area contributed by atoms with Gasteiger partial charge in [0, 0.05) is 32.2 Å². The quantitative estimate of drug-likeness (QED) is 0.321. The lowest BCUT2D eigenvalue weighted by Gasteiger charge is -2.32. The Morgan fingerprint density at radius 1 is 1.36 bits per heavy atom. The SMILES string of the molecule is C=CCN1CCC(NC(=NCc2ccc(OCCO)c(OC)c2)NCC)CC1. The lowest BCUT2D eigenvalue weighted by molar-refractivity contribution is 0.196. The van der Waals surface area contributed by atoms with Crippen LogP contribution >= 0.6 is 0 Å². The largest absolute Gasteiger partial charge is 0.493 e. The van der Waals surface area contributed by atoms with Gasteiger partial charge in [0.25, 0.3) is 0 Å². The second kappa shape index (κ2) is 12.3. The molecule has 1 aromatic rings. The van der Waals surface area contributed by atoms with E-state index in [1.807, 2.05) is 24.3 Å². The minimum atomic E-state index is -0.0283. The average Bonchev–Trinajstić information content (AvgIpc) is 2.72. The molecule has 28 heavy (non-hydrogen) atoms. The third kappa shape index (κ3) is 7.05. The summed E-state index contributed by atoms with van der Waals surface area (Å²) >= 11 is 0. The number of aliphatic imine (C=N–C) groups is 1. The fourth-order valence-corrected chi connectivity index (χ4v) is 3.21. The predicted octanol–water partition coefficient (Wildman–Crippen LogP) is 1.77. The molecule has 1 saturated heterocycles. The number of hydrogen-bond donors (Lipinski definition) is 3. The first-order valence-electron chi connectivity index (χ1n) is 9.98. The zero-order valence-corrected chi connectivity index (χ0v) is 17.1. The molecule has 0 spiro atoms. The van der Waals surface area contributed by atoms with Crippen LogP contribution in [0.1, 0.15) is 25.3 Å². The first kappa shape index (κ1) is 22.0. The topological polar surface area (TPSA) is 78.4 Å². The number of aliphatic hydroxyl groups is 1. The summed E-state index contributed by atoms with van der Waals surface area (Å²) in [4.78, 5) is 7.15. The Hall–Kier alpha value is -2.25. The number of ether oxygens (including phenoxy) is 2. The lowest BCUT2D eigenvalue weighted by atomic mass is 10.1. The summed E-state index contributed by atoms with van der Waals surface area (Å²) < 4.78 is 10.9. The van der Waals surface area contributed by atoms with Crippen LogP contribution in [0.5, 0.6) is 11.5 Å². The van der Waals surface area contributed by atoms with E-state index in [1.54, 1.807) is 7.11 Å². The van der Waals surface area contributed by atoms with Gasteiger partial charge in [0.05, 0.1) is 20.3 Å². The summed E-state index contributed by atoms with van der Waals surface area (Å²) in [7, 11) is 1.61. The maximum absolute atomic E-state index is 8.91. The van der Waals surface area contributed by atoms with Crippen molar-refractivity contribution in [3.05, 3.63) is 36.4 Å². The molecule has 2 rings (SSSR count). The van der Waals surface area contributed by atoms with Gasteiger partial charge in [-0.25, -0.2) is 4.99 Å². The molecule has 1 aliphatic rings. The van der Waals surface area contributed by atoms with Crippen molar-refractivity contribution in [2.45, 2.75) is 32.4 Å². The molecule has 0 saturated carbocycles. The van der Waals surface area contributed by atoms with Gasteiger partial charge in [-0.3, -0.25) is 4.90 Å². The average molecular weight is 391 g/mol. The van der Waals surface area contributed by atoms with Crippen LogP contribution in [0.3, 0.4) is 0 Å². The van der Waals surface area contributed by atoms with Crippen molar-refractivity contribution in [3.8, 4) is 11.5 Å². The molecule has 156 valence electrons. The highest BCUT2D eigenvalue weighted by molar-refractivity contribution is 5.80. The van der Waals surface area contributed by atoms with Crippen LogP contribution in [-0.2, 0) is 6.54 Å². The Morgan fingerprint density at radius 2 is 2.14 bits per heavy atom. The van der Waals surface area contributed by atoms with Gasteiger partial charge < -0.3 is 25.2 Å². The molecule has 0 unspecified atom stereocenters. The predicted molar refractivity (Wildman–Crippen MR) is 113 cm³/mol. The normalized spacial score (nSPS) is 15.9. The molecule has 1 aliphatic heterocycles. The third-order valence-electron chi connectivity index (χ3n) is 4.66. The van der Waals surface area contributed by atoms with Gasteiger partial charge in [0.2, 0.25) is 0 Å². The van der Waals surface area contributed by atoms with Crippen LogP contribution in [0.4, 0.5) is 0 Å². The summed E-state index contributed by atoms with van der Waals surface area (Å²) in [6.45, 7) is 10.6. The van der Waals surface area contributed by atoms with E-state index in [9.17, 15) is 0 Å². The fraction of sp³-hybridized carbons (Fsp3) is 0.571. The summed E-state index contributed by atoms with van der Waals surface area (Å²) in [5.74, 6) is 2.11. The molecule has 7 nitrogen and oxygen atoms in total. The minimum Gasteiger partial charge on any atom is -0.493 e. The molecule has 7 heteroatoms. The zero-order valence-electron chi connectivity index (χ0n) is 17.1. The number of likely N-dealkylation sites (tertiary alicyclic amines) is 1. The van der Waals surface area contributed by atoms with Gasteiger partial charge in [-0.1, -0.05) is 12.1 Å². The Balaban J connectivity index is 1.95. The summed E-state index contributed by atoms with van der Waals surface area (Å²) in [6, 6.07) is 6.18. The first-order chi connectivity index (χ1) is 13.7. The van der Waals surface area contributed by atoms with E-state index >= 15 is 0 Å². The molecule has 1 fully saturated rings. The molecule has 0 atom stereocenters. The van der Waals surface area contributed by atoms with Crippen LogP contribution in [0.25, 0.3) is 0 Å². The molecule has 1 heterocycles. The molecule has 0 bridgehead atoms. The Kier molecular flexibility index (Phi) is 9.65. The standard InChI is InChI=1S/C21H34N4O3/c1-4-10-25-11-8-18(9-12-25)24-21(22-5-2)23-16-17-6-7-19(28-14-13-26)20(15-17)27-3/h4,6-7,15,18,26H,1,5,8-14,16H2,2-3H3,(H2,22,23,24). The van der Waals surface area contributed by atoms with E-state index in [1.165, 1.54) is 0 Å². The van der Waals surface area contributed by atoms with Crippen molar-refractivity contribution in [3.63, 3.8) is 0 Å². The third-order valence-corrected chi connectivity index (χ3v) is 4.66. The summed E-state index contributed by atoms with van der Waals surface area (Å²) in [6.07, 6.45) is 4.17. The summed E-state index contributed by atoms with van der Waals surface area (Å²) in [5, 5.41) is 15.8. The van der Waals surface area contributed by atoms with E-state index in [-0.39, 0.29) is 13.2 Å². The van der Waals surface area contributed by atoms with Gasteiger partial charge in [-0.15, -0.1) is 6.58 Å².